The minimum Gasteiger partial charge on any atom is -0.356 e. The minimum absolute atomic E-state index is 0.0640. The van der Waals surface area contributed by atoms with E-state index in [1.54, 1.807) is 0 Å². The van der Waals surface area contributed by atoms with Gasteiger partial charge < -0.3 is 16.0 Å². The number of anilines is 3. The second-order valence-electron chi connectivity index (χ2n) is 6.85. The molecule has 0 amide bonds. The molecule has 0 aromatic carbocycles. The fourth-order valence-electron chi connectivity index (χ4n) is 3.20. The van der Waals surface area contributed by atoms with Crippen molar-refractivity contribution in [2.45, 2.75) is 37.6 Å². The molecule has 3 heterocycles. The third-order valence-electron chi connectivity index (χ3n) is 5.10. The van der Waals surface area contributed by atoms with E-state index < -0.39 is 6.43 Å². The normalized spacial score (nSPS) is 18.6. The van der Waals surface area contributed by atoms with E-state index >= 15 is 0 Å². The summed E-state index contributed by atoms with van der Waals surface area (Å²) >= 11 is 0. The van der Waals surface area contributed by atoms with Gasteiger partial charge in [-0.1, -0.05) is 0 Å². The van der Waals surface area contributed by atoms with E-state index in [1.165, 1.54) is 18.3 Å². The van der Waals surface area contributed by atoms with Gasteiger partial charge in [-0.15, -0.1) is 0 Å². The highest BCUT2D eigenvalue weighted by molar-refractivity contribution is 5.59. The lowest BCUT2D eigenvalue weighted by Crippen LogP contribution is -2.44. The highest BCUT2D eigenvalue weighted by Gasteiger charge is 2.35. The smallest absolute Gasteiger partial charge is 0.264 e. The number of alkyl halides is 2. The van der Waals surface area contributed by atoms with E-state index in [1.807, 2.05) is 6.07 Å². The van der Waals surface area contributed by atoms with Gasteiger partial charge in [0.1, 0.15) is 17.5 Å². The third-order valence-corrected chi connectivity index (χ3v) is 5.10. The zero-order chi connectivity index (χ0) is 17.4. The molecule has 1 aliphatic heterocycles. The topological polar surface area (TPSA) is 67.1 Å². The highest BCUT2D eigenvalue weighted by atomic mass is 19.3. The first kappa shape index (κ1) is 16.2. The van der Waals surface area contributed by atoms with Crippen LogP contribution >= 0.6 is 0 Å². The van der Waals surface area contributed by atoms with Crippen LogP contribution in [-0.2, 0) is 5.54 Å². The lowest BCUT2D eigenvalue weighted by atomic mass is 9.73. The van der Waals surface area contributed by atoms with Crippen LogP contribution in [0.1, 0.15) is 43.2 Å². The Bertz CT molecular complexity index is 772. The second-order valence-corrected chi connectivity index (χ2v) is 6.85. The molecule has 132 valence electrons. The summed E-state index contributed by atoms with van der Waals surface area (Å²) in [4.78, 5) is 10.9. The van der Waals surface area contributed by atoms with Crippen molar-refractivity contribution in [2.24, 2.45) is 5.73 Å². The molecule has 0 unspecified atom stereocenters. The SMILES string of the molecule is NC1(c2cc(Nc3cc(C(F)F)ccn3)nc(N3CCC3)c2)CCC1. The average molecular weight is 345 g/mol. The van der Waals surface area contributed by atoms with Crippen molar-refractivity contribution in [3.05, 3.63) is 41.6 Å². The van der Waals surface area contributed by atoms with Crippen LogP contribution in [0.15, 0.2) is 30.5 Å². The summed E-state index contributed by atoms with van der Waals surface area (Å²) in [6, 6.07) is 6.64. The van der Waals surface area contributed by atoms with Gasteiger partial charge in [0.05, 0.1) is 0 Å². The monoisotopic (exact) mass is 345 g/mol. The Morgan fingerprint density at radius 1 is 1.12 bits per heavy atom. The Balaban J connectivity index is 1.66. The molecule has 4 rings (SSSR count). The fraction of sp³-hybridized carbons (Fsp3) is 0.444. The summed E-state index contributed by atoms with van der Waals surface area (Å²) in [6.07, 6.45) is 3.03. The van der Waals surface area contributed by atoms with Crippen molar-refractivity contribution >= 4 is 17.5 Å². The van der Waals surface area contributed by atoms with Gasteiger partial charge in [0, 0.05) is 30.4 Å². The van der Waals surface area contributed by atoms with Crippen LogP contribution in [0.25, 0.3) is 0 Å². The van der Waals surface area contributed by atoms with Gasteiger partial charge in [0.15, 0.2) is 0 Å². The molecule has 7 heteroatoms. The largest absolute Gasteiger partial charge is 0.356 e. The number of halogens is 2. The summed E-state index contributed by atoms with van der Waals surface area (Å²) in [5.74, 6) is 1.83. The van der Waals surface area contributed by atoms with Crippen LogP contribution in [0.3, 0.4) is 0 Å². The van der Waals surface area contributed by atoms with E-state index in [0.717, 1.165) is 50.2 Å². The minimum atomic E-state index is -2.53. The maximum Gasteiger partial charge on any atom is 0.264 e. The van der Waals surface area contributed by atoms with Gasteiger partial charge in [-0.3, -0.25) is 0 Å². The number of nitrogens with one attached hydrogen (secondary N) is 1. The zero-order valence-corrected chi connectivity index (χ0v) is 13.9. The first-order chi connectivity index (χ1) is 12.0. The molecule has 25 heavy (non-hydrogen) atoms. The molecule has 0 spiro atoms. The Morgan fingerprint density at radius 2 is 1.92 bits per heavy atom. The van der Waals surface area contributed by atoms with E-state index in [2.05, 4.69) is 26.3 Å². The second kappa shape index (κ2) is 6.22. The van der Waals surface area contributed by atoms with Gasteiger partial charge in [-0.25, -0.2) is 18.7 Å². The van der Waals surface area contributed by atoms with Gasteiger partial charge in [0.25, 0.3) is 6.43 Å². The van der Waals surface area contributed by atoms with Crippen LogP contribution in [0, 0.1) is 0 Å². The van der Waals surface area contributed by atoms with E-state index in [0.29, 0.717) is 11.6 Å². The number of aromatic nitrogens is 2. The number of pyridine rings is 2. The van der Waals surface area contributed by atoms with E-state index in [-0.39, 0.29) is 11.1 Å². The summed E-state index contributed by atoms with van der Waals surface area (Å²) in [7, 11) is 0. The Hall–Kier alpha value is -2.28. The number of hydrogen-bond donors (Lipinski definition) is 2. The molecule has 2 aromatic heterocycles. The van der Waals surface area contributed by atoms with Crippen LogP contribution in [0.2, 0.25) is 0 Å². The van der Waals surface area contributed by atoms with Crippen molar-refractivity contribution in [3.8, 4) is 0 Å². The summed E-state index contributed by atoms with van der Waals surface area (Å²) in [5.41, 5.74) is 7.16. The van der Waals surface area contributed by atoms with Gasteiger partial charge >= 0.3 is 0 Å². The first-order valence-corrected chi connectivity index (χ1v) is 8.61. The van der Waals surface area contributed by atoms with Crippen molar-refractivity contribution in [2.75, 3.05) is 23.3 Å². The van der Waals surface area contributed by atoms with Gasteiger partial charge in [-0.2, -0.15) is 0 Å². The lowest BCUT2D eigenvalue weighted by molar-refractivity contribution is 0.151. The summed E-state index contributed by atoms with van der Waals surface area (Å²) < 4.78 is 25.8. The fourth-order valence-corrected chi connectivity index (χ4v) is 3.20. The molecule has 1 saturated carbocycles. The predicted molar refractivity (Wildman–Crippen MR) is 93.3 cm³/mol. The van der Waals surface area contributed by atoms with Crippen LogP contribution in [-0.4, -0.2) is 23.1 Å². The van der Waals surface area contributed by atoms with Crippen LogP contribution in [0.4, 0.5) is 26.2 Å². The van der Waals surface area contributed by atoms with Crippen LogP contribution < -0.4 is 16.0 Å². The van der Waals surface area contributed by atoms with Crippen molar-refractivity contribution in [1.82, 2.24) is 9.97 Å². The average Bonchev–Trinajstić information content (AvgIpc) is 2.51. The molecule has 0 bridgehead atoms. The first-order valence-electron chi connectivity index (χ1n) is 8.61. The van der Waals surface area contributed by atoms with Crippen molar-refractivity contribution in [1.29, 1.82) is 0 Å². The molecule has 1 saturated heterocycles. The maximum absolute atomic E-state index is 12.9. The lowest BCUT2D eigenvalue weighted by Gasteiger charge is -2.40. The molecule has 0 radical (unpaired) electrons. The molecule has 2 aromatic rings. The van der Waals surface area contributed by atoms with Crippen LogP contribution in [0.5, 0.6) is 0 Å². The summed E-state index contributed by atoms with van der Waals surface area (Å²) in [5, 5.41) is 3.07. The van der Waals surface area contributed by atoms with Gasteiger partial charge in [0.2, 0.25) is 0 Å². The number of nitrogens with zero attached hydrogens (tertiary/aromatic N) is 3. The van der Waals surface area contributed by atoms with Crippen molar-refractivity contribution < 1.29 is 8.78 Å². The molecular weight excluding hydrogens is 324 g/mol. The molecule has 2 aliphatic rings. The Labute approximate surface area is 145 Å². The Morgan fingerprint density at radius 3 is 2.52 bits per heavy atom. The molecule has 3 N–H and O–H groups in total. The van der Waals surface area contributed by atoms with Gasteiger partial charge in [-0.05, 0) is 55.5 Å². The predicted octanol–water partition coefficient (Wildman–Crippen LogP) is 3.71. The summed E-state index contributed by atoms with van der Waals surface area (Å²) in [6.45, 7) is 1.96. The number of hydrogen-bond acceptors (Lipinski definition) is 5. The third kappa shape index (κ3) is 3.16. The Kier molecular flexibility index (Phi) is 4.03. The quantitative estimate of drug-likeness (QED) is 0.865. The molecule has 0 atom stereocenters. The molecule has 5 nitrogen and oxygen atoms in total. The van der Waals surface area contributed by atoms with E-state index in [4.69, 9.17) is 5.73 Å². The number of nitrogens with two attached hydrogens (primary N) is 1. The van der Waals surface area contributed by atoms with E-state index in [9.17, 15) is 8.78 Å². The standard InChI is InChI=1S/C18H21F2N5/c19-17(20)12-3-6-22-14(9-12)23-15-10-13(18(21)4-1-5-18)11-16(24-15)25-7-2-8-25/h3,6,9-11,17H,1-2,4-5,7-8,21H2,(H,22,23,24). The van der Waals surface area contributed by atoms with Crippen molar-refractivity contribution in [3.63, 3.8) is 0 Å². The molecular formula is C18H21F2N5. The molecule has 2 fully saturated rings. The zero-order valence-electron chi connectivity index (χ0n) is 13.9. The highest BCUT2D eigenvalue weighted by Crippen LogP contribution is 2.41. The molecule has 1 aliphatic carbocycles. The number of rotatable bonds is 5. The maximum atomic E-state index is 12.9.